The van der Waals surface area contributed by atoms with Gasteiger partial charge in [0.1, 0.15) is 12.2 Å². The van der Waals surface area contributed by atoms with Gasteiger partial charge in [-0.1, -0.05) is 85.4 Å². The SMILES string of the molecule is C=CC[N+]1=C(C=C(c2ccccc2)c2ccccc2)c2[nH]c3ccccc3c2CC1. The molecule has 146 valence electrons. The molecule has 1 aromatic heterocycles. The number of H-pyrrole nitrogens is 1. The molecule has 0 atom stereocenters. The van der Waals surface area contributed by atoms with Crippen LogP contribution in [0.5, 0.6) is 0 Å². The Kier molecular flexibility index (Phi) is 4.90. The molecule has 30 heavy (non-hydrogen) atoms. The van der Waals surface area contributed by atoms with Gasteiger partial charge in [-0.15, -0.1) is 0 Å². The number of para-hydroxylation sites is 1. The quantitative estimate of drug-likeness (QED) is 0.326. The van der Waals surface area contributed by atoms with E-state index in [-0.39, 0.29) is 0 Å². The number of nitrogens with zero attached hydrogens (tertiary/aromatic N) is 1. The Labute approximate surface area is 177 Å². The molecule has 1 N–H and O–H groups in total. The normalized spacial score (nSPS) is 13.2. The van der Waals surface area contributed by atoms with Gasteiger partial charge in [-0.2, -0.15) is 0 Å². The predicted octanol–water partition coefficient (Wildman–Crippen LogP) is 5.84. The molecule has 4 aromatic rings. The molecule has 0 radical (unpaired) electrons. The summed E-state index contributed by atoms with van der Waals surface area (Å²) in [7, 11) is 0. The van der Waals surface area contributed by atoms with Gasteiger partial charge < -0.3 is 4.98 Å². The standard InChI is InChI=1S/C28H24N2/c1-2-18-30-19-17-24-23-15-9-10-16-26(23)29-28(24)27(30)20-25(21-11-5-3-6-12-21)22-13-7-4-8-14-22/h2-16,20H,1,17-19H2/p+1. The lowest BCUT2D eigenvalue weighted by molar-refractivity contribution is -0.517. The molecule has 1 aliphatic rings. The van der Waals surface area contributed by atoms with Crippen LogP contribution in [0.15, 0.2) is 104 Å². The summed E-state index contributed by atoms with van der Waals surface area (Å²) in [6, 6.07) is 29.9. The van der Waals surface area contributed by atoms with Gasteiger partial charge >= 0.3 is 0 Å². The van der Waals surface area contributed by atoms with Crippen LogP contribution in [0.1, 0.15) is 22.4 Å². The maximum Gasteiger partial charge on any atom is 0.224 e. The van der Waals surface area contributed by atoms with E-state index in [2.05, 4.69) is 107 Å². The number of allylic oxidation sites excluding steroid dienone is 1. The average molecular weight is 390 g/mol. The highest BCUT2D eigenvalue weighted by molar-refractivity contribution is 6.13. The van der Waals surface area contributed by atoms with Crippen molar-refractivity contribution in [2.75, 3.05) is 13.1 Å². The van der Waals surface area contributed by atoms with Gasteiger partial charge in [-0.05, 0) is 34.4 Å². The number of hydrogen-bond acceptors (Lipinski definition) is 0. The summed E-state index contributed by atoms with van der Waals surface area (Å²) >= 11 is 0. The number of rotatable bonds is 5. The van der Waals surface area contributed by atoms with Gasteiger partial charge in [-0.3, -0.25) is 0 Å². The van der Waals surface area contributed by atoms with Crippen molar-refractivity contribution in [3.63, 3.8) is 0 Å². The summed E-state index contributed by atoms with van der Waals surface area (Å²) < 4.78 is 2.43. The van der Waals surface area contributed by atoms with E-state index >= 15 is 0 Å². The lowest BCUT2D eigenvalue weighted by atomic mass is 9.93. The van der Waals surface area contributed by atoms with Crippen LogP contribution in [0.3, 0.4) is 0 Å². The van der Waals surface area contributed by atoms with Crippen LogP contribution in [0.25, 0.3) is 16.5 Å². The molecule has 2 heteroatoms. The van der Waals surface area contributed by atoms with Crippen molar-refractivity contribution in [2.45, 2.75) is 6.42 Å². The highest BCUT2D eigenvalue weighted by Gasteiger charge is 2.28. The Balaban J connectivity index is 1.76. The summed E-state index contributed by atoms with van der Waals surface area (Å²) in [5, 5.41) is 1.33. The fourth-order valence-electron chi connectivity index (χ4n) is 4.42. The zero-order valence-corrected chi connectivity index (χ0v) is 17.0. The fraction of sp³-hybridized carbons (Fsp3) is 0.107. The van der Waals surface area contributed by atoms with E-state index in [4.69, 9.17) is 0 Å². The molecule has 2 heterocycles. The third kappa shape index (κ3) is 3.31. The predicted molar refractivity (Wildman–Crippen MR) is 126 cm³/mol. The summed E-state index contributed by atoms with van der Waals surface area (Å²) in [4.78, 5) is 3.71. The molecular weight excluding hydrogens is 364 g/mol. The van der Waals surface area contributed by atoms with Crippen molar-refractivity contribution < 1.29 is 4.58 Å². The van der Waals surface area contributed by atoms with E-state index < -0.39 is 0 Å². The summed E-state index contributed by atoms with van der Waals surface area (Å²) in [5.41, 5.74) is 8.75. The lowest BCUT2D eigenvalue weighted by Gasteiger charge is -2.15. The van der Waals surface area contributed by atoms with E-state index in [0.717, 1.165) is 19.5 Å². The Morgan fingerprint density at radius 1 is 0.867 bits per heavy atom. The number of nitrogens with one attached hydrogen (secondary N) is 1. The average Bonchev–Trinajstić information content (AvgIpc) is 3.18. The molecule has 5 rings (SSSR count). The molecule has 0 spiro atoms. The number of aromatic amines is 1. The maximum absolute atomic E-state index is 4.00. The van der Waals surface area contributed by atoms with Gasteiger partial charge in [-0.25, -0.2) is 4.58 Å². The first kappa shape index (κ1) is 18.4. The van der Waals surface area contributed by atoms with E-state index in [0.29, 0.717) is 0 Å². The topological polar surface area (TPSA) is 18.8 Å². The molecule has 0 saturated carbocycles. The van der Waals surface area contributed by atoms with Crippen molar-refractivity contribution in [3.05, 3.63) is 126 Å². The highest BCUT2D eigenvalue weighted by atomic mass is 15.0. The van der Waals surface area contributed by atoms with Crippen molar-refractivity contribution in [1.29, 1.82) is 0 Å². The zero-order valence-electron chi connectivity index (χ0n) is 17.0. The zero-order chi connectivity index (χ0) is 20.3. The van der Waals surface area contributed by atoms with E-state index in [1.165, 1.54) is 44.6 Å². The third-order valence-corrected chi connectivity index (χ3v) is 5.84. The van der Waals surface area contributed by atoms with Crippen molar-refractivity contribution in [1.82, 2.24) is 4.98 Å². The highest BCUT2D eigenvalue weighted by Crippen LogP contribution is 2.29. The summed E-state index contributed by atoms with van der Waals surface area (Å²) in [6.45, 7) is 5.82. The molecule has 0 bridgehead atoms. The molecule has 0 unspecified atom stereocenters. The maximum atomic E-state index is 4.00. The number of benzene rings is 3. The third-order valence-electron chi connectivity index (χ3n) is 5.84. The number of aromatic nitrogens is 1. The van der Waals surface area contributed by atoms with Crippen LogP contribution in [0, 0.1) is 0 Å². The van der Waals surface area contributed by atoms with Gasteiger partial charge in [0.15, 0.2) is 6.54 Å². The first-order chi connectivity index (χ1) is 14.8. The van der Waals surface area contributed by atoms with Gasteiger partial charge in [0.05, 0.1) is 0 Å². The van der Waals surface area contributed by atoms with Gasteiger partial charge in [0, 0.05) is 23.4 Å². The number of fused-ring (bicyclic) bond motifs is 3. The Bertz CT molecular complexity index is 1220. The van der Waals surface area contributed by atoms with E-state index in [9.17, 15) is 0 Å². The van der Waals surface area contributed by atoms with Crippen LogP contribution < -0.4 is 0 Å². The molecule has 2 nitrogen and oxygen atoms in total. The molecular formula is C28H25N2+. The fourth-order valence-corrected chi connectivity index (χ4v) is 4.42. The van der Waals surface area contributed by atoms with Gasteiger partial charge in [0.2, 0.25) is 5.71 Å². The summed E-state index contributed by atoms with van der Waals surface area (Å²) in [6.07, 6.45) is 5.38. The minimum absolute atomic E-state index is 0.831. The minimum Gasteiger partial charge on any atom is -0.349 e. The molecule has 1 aliphatic heterocycles. The lowest BCUT2D eigenvalue weighted by Crippen LogP contribution is -2.29. The second-order valence-corrected chi connectivity index (χ2v) is 7.68. The van der Waals surface area contributed by atoms with Crippen LogP contribution >= 0.6 is 0 Å². The van der Waals surface area contributed by atoms with E-state index in [1.54, 1.807) is 0 Å². The smallest absolute Gasteiger partial charge is 0.224 e. The monoisotopic (exact) mass is 389 g/mol. The molecule has 0 saturated heterocycles. The Morgan fingerprint density at radius 3 is 2.17 bits per heavy atom. The number of hydrogen-bond donors (Lipinski definition) is 1. The Hall–Kier alpha value is -3.65. The van der Waals surface area contributed by atoms with Crippen LogP contribution in [0.2, 0.25) is 0 Å². The van der Waals surface area contributed by atoms with Crippen LogP contribution in [0.4, 0.5) is 0 Å². The molecule has 3 aromatic carbocycles. The van der Waals surface area contributed by atoms with Gasteiger partial charge in [0.25, 0.3) is 0 Å². The summed E-state index contributed by atoms with van der Waals surface area (Å²) in [5.74, 6) is 0. The first-order valence-corrected chi connectivity index (χ1v) is 10.5. The second-order valence-electron chi connectivity index (χ2n) is 7.68. The van der Waals surface area contributed by atoms with Crippen molar-refractivity contribution >= 4 is 22.2 Å². The Morgan fingerprint density at radius 2 is 1.50 bits per heavy atom. The molecule has 0 aliphatic carbocycles. The second kappa shape index (κ2) is 8.00. The minimum atomic E-state index is 0.831. The van der Waals surface area contributed by atoms with Crippen molar-refractivity contribution in [3.8, 4) is 0 Å². The largest absolute Gasteiger partial charge is 0.349 e. The van der Waals surface area contributed by atoms with Crippen molar-refractivity contribution in [2.24, 2.45) is 0 Å². The van der Waals surface area contributed by atoms with E-state index in [1.807, 2.05) is 6.08 Å². The molecule has 0 fully saturated rings. The van der Waals surface area contributed by atoms with Crippen LogP contribution in [-0.4, -0.2) is 28.4 Å². The van der Waals surface area contributed by atoms with Crippen LogP contribution in [-0.2, 0) is 6.42 Å². The first-order valence-electron chi connectivity index (χ1n) is 10.5. The molecule has 0 amide bonds.